The number of nitrogens with two attached hydrogens (primary N) is 1. The van der Waals surface area contributed by atoms with E-state index < -0.39 is 0 Å². The average Bonchev–Trinajstić information content (AvgIpc) is 2.70. The lowest BCUT2D eigenvalue weighted by Gasteiger charge is -2.02. The SMILES string of the molecule is CC(=O)c1sc(CCCCN)nc1CCC(C)C. The van der Waals surface area contributed by atoms with Crippen molar-refractivity contribution in [3.8, 4) is 0 Å². The van der Waals surface area contributed by atoms with Crippen LogP contribution in [0, 0.1) is 5.92 Å². The average molecular weight is 268 g/mol. The van der Waals surface area contributed by atoms with Crippen LogP contribution in [-0.2, 0) is 12.8 Å². The molecule has 0 unspecified atom stereocenters. The standard InChI is InChI=1S/C14H24N2OS/c1-10(2)7-8-12-14(11(3)17)18-13(16-12)6-4-5-9-15/h10H,4-9,15H2,1-3H3. The molecule has 18 heavy (non-hydrogen) atoms. The zero-order chi connectivity index (χ0) is 13.5. The van der Waals surface area contributed by atoms with Gasteiger partial charge in [0.25, 0.3) is 0 Å². The zero-order valence-electron chi connectivity index (χ0n) is 11.7. The van der Waals surface area contributed by atoms with E-state index in [2.05, 4.69) is 18.8 Å². The van der Waals surface area contributed by atoms with Gasteiger partial charge in [0.05, 0.1) is 15.6 Å². The first-order chi connectivity index (χ1) is 8.54. The zero-order valence-corrected chi connectivity index (χ0v) is 12.5. The van der Waals surface area contributed by atoms with E-state index in [-0.39, 0.29) is 5.78 Å². The molecule has 0 atom stereocenters. The van der Waals surface area contributed by atoms with Crippen molar-refractivity contribution in [3.63, 3.8) is 0 Å². The molecule has 0 aliphatic rings. The van der Waals surface area contributed by atoms with Crippen LogP contribution in [0.25, 0.3) is 0 Å². The van der Waals surface area contributed by atoms with Gasteiger partial charge in [-0.15, -0.1) is 11.3 Å². The molecule has 0 aliphatic heterocycles. The highest BCUT2D eigenvalue weighted by molar-refractivity contribution is 7.13. The lowest BCUT2D eigenvalue weighted by atomic mass is 10.1. The number of hydrogen-bond donors (Lipinski definition) is 1. The molecule has 1 rings (SSSR count). The van der Waals surface area contributed by atoms with Crippen molar-refractivity contribution in [1.29, 1.82) is 0 Å². The van der Waals surface area contributed by atoms with Crippen LogP contribution in [0.1, 0.15) is 60.4 Å². The van der Waals surface area contributed by atoms with Crippen LogP contribution >= 0.6 is 11.3 Å². The predicted molar refractivity (Wildman–Crippen MR) is 77.3 cm³/mol. The smallest absolute Gasteiger partial charge is 0.171 e. The number of Topliss-reactive ketones (excluding diaryl/α,β-unsaturated/α-hetero) is 1. The number of carbonyl (C=O) groups excluding carboxylic acids is 1. The van der Waals surface area contributed by atoms with Gasteiger partial charge >= 0.3 is 0 Å². The summed E-state index contributed by atoms with van der Waals surface area (Å²) in [5.74, 6) is 0.795. The fraction of sp³-hybridized carbons (Fsp3) is 0.714. The third kappa shape index (κ3) is 4.86. The monoisotopic (exact) mass is 268 g/mol. The Kier molecular flexibility index (Phi) is 6.50. The number of aryl methyl sites for hydroxylation is 2. The molecule has 102 valence electrons. The summed E-state index contributed by atoms with van der Waals surface area (Å²) in [5.41, 5.74) is 6.49. The van der Waals surface area contributed by atoms with Crippen LogP contribution in [-0.4, -0.2) is 17.3 Å². The Morgan fingerprint density at radius 3 is 2.61 bits per heavy atom. The third-order valence-electron chi connectivity index (χ3n) is 2.86. The Balaban J connectivity index is 2.70. The number of aromatic nitrogens is 1. The quantitative estimate of drug-likeness (QED) is 0.582. The fourth-order valence-electron chi connectivity index (χ4n) is 1.80. The lowest BCUT2D eigenvalue weighted by molar-refractivity contribution is 0.102. The number of nitrogens with zero attached hydrogens (tertiary/aromatic N) is 1. The van der Waals surface area contributed by atoms with Crippen LogP contribution in [0.2, 0.25) is 0 Å². The molecule has 1 aromatic heterocycles. The topological polar surface area (TPSA) is 56.0 Å². The number of hydrogen-bond acceptors (Lipinski definition) is 4. The molecular formula is C14H24N2OS. The summed E-state index contributed by atoms with van der Waals surface area (Å²) in [6.07, 6.45) is 5.04. The van der Waals surface area contributed by atoms with Gasteiger partial charge in [0.2, 0.25) is 0 Å². The molecule has 1 heterocycles. The van der Waals surface area contributed by atoms with E-state index in [1.165, 1.54) is 0 Å². The summed E-state index contributed by atoms with van der Waals surface area (Å²) in [7, 11) is 0. The van der Waals surface area contributed by atoms with Gasteiger partial charge in [0.15, 0.2) is 5.78 Å². The molecule has 0 amide bonds. The van der Waals surface area contributed by atoms with Crippen molar-refractivity contribution < 1.29 is 4.79 Å². The Morgan fingerprint density at radius 2 is 2.06 bits per heavy atom. The molecule has 1 aromatic rings. The molecule has 0 aliphatic carbocycles. The van der Waals surface area contributed by atoms with Crippen LogP contribution in [0.15, 0.2) is 0 Å². The summed E-state index contributed by atoms with van der Waals surface area (Å²) in [6.45, 7) is 6.76. The maximum atomic E-state index is 11.6. The van der Waals surface area contributed by atoms with Crippen molar-refractivity contribution in [2.75, 3.05) is 6.54 Å². The van der Waals surface area contributed by atoms with Crippen molar-refractivity contribution >= 4 is 17.1 Å². The number of ketones is 1. The van der Waals surface area contributed by atoms with Gasteiger partial charge < -0.3 is 5.73 Å². The first-order valence-electron chi connectivity index (χ1n) is 6.74. The van der Waals surface area contributed by atoms with Crippen LogP contribution in [0.4, 0.5) is 0 Å². The van der Waals surface area contributed by atoms with E-state index in [1.54, 1.807) is 18.3 Å². The largest absolute Gasteiger partial charge is 0.330 e. The Bertz CT molecular complexity index is 385. The molecule has 0 spiro atoms. The molecule has 4 heteroatoms. The molecule has 0 aromatic carbocycles. The van der Waals surface area contributed by atoms with Crippen LogP contribution < -0.4 is 5.73 Å². The van der Waals surface area contributed by atoms with Crippen molar-refractivity contribution in [2.24, 2.45) is 11.7 Å². The molecule has 0 bridgehead atoms. The highest BCUT2D eigenvalue weighted by Gasteiger charge is 2.14. The summed E-state index contributed by atoms with van der Waals surface area (Å²) >= 11 is 1.57. The first-order valence-corrected chi connectivity index (χ1v) is 7.55. The van der Waals surface area contributed by atoms with Gasteiger partial charge in [-0.1, -0.05) is 13.8 Å². The van der Waals surface area contributed by atoms with Crippen LogP contribution in [0.5, 0.6) is 0 Å². The van der Waals surface area contributed by atoms with E-state index in [9.17, 15) is 4.79 Å². The van der Waals surface area contributed by atoms with Crippen molar-refractivity contribution in [2.45, 2.75) is 52.9 Å². The van der Waals surface area contributed by atoms with E-state index in [1.807, 2.05) is 0 Å². The van der Waals surface area contributed by atoms with Gasteiger partial charge in [-0.2, -0.15) is 0 Å². The van der Waals surface area contributed by atoms with Crippen LogP contribution in [0.3, 0.4) is 0 Å². The fourth-order valence-corrected chi connectivity index (χ4v) is 2.85. The highest BCUT2D eigenvalue weighted by atomic mass is 32.1. The molecular weight excluding hydrogens is 244 g/mol. The van der Waals surface area contributed by atoms with Gasteiger partial charge in [-0.3, -0.25) is 4.79 Å². The normalized spacial score (nSPS) is 11.2. The Labute approximate surface area is 114 Å². The number of rotatable bonds is 8. The van der Waals surface area contributed by atoms with Gasteiger partial charge in [-0.05, 0) is 44.6 Å². The molecule has 2 N–H and O–H groups in total. The second kappa shape index (κ2) is 7.64. The third-order valence-corrected chi connectivity index (χ3v) is 4.12. The first kappa shape index (κ1) is 15.3. The molecule has 0 radical (unpaired) electrons. The van der Waals surface area contributed by atoms with E-state index in [0.717, 1.165) is 54.2 Å². The lowest BCUT2D eigenvalue weighted by Crippen LogP contribution is -2.00. The number of carbonyl (C=O) groups is 1. The molecule has 0 saturated carbocycles. The minimum Gasteiger partial charge on any atom is -0.330 e. The minimum absolute atomic E-state index is 0.149. The highest BCUT2D eigenvalue weighted by Crippen LogP contribution is 2.23. The molecule has 3 nitrogen and oxygen atoms in total. The number of thiazole rings is 1. The second-order valence-electron chi connectivity index (χ2n) is 5.12. The van der Waals surface area contributed by atoms with E-state index >= 15 is 0 Å². The van der Waals surface area contributed by atoms with Gasteiger partial charge in [0.1, 0.15) is 0 Å². The molecule has 0 saturated heterocycles. The molecule has 0 fully saturated rings. The van der Waals surface area contributed by atoms with E-state index in [4.69, 9.17) is 5.73 Å². The second-order valence-corrected chi connectivity index (χ2v) is 6.20. The van der Waals surface area contributed by atoms with Gasteiger partial charge in [-0.25, -0.2) is 4.98 Å². The van der Waals surface area contributed by atoms with Gasteiger partial charge in [0, 0.05) is 6.92 Å². The maximum absolute atomic E-state index is 11.6. The minimum atomic E-state index is 0.149. The maximum Gasteiger partial charge on any atom is 0.171 e. The number of unbranched alkanes of at least 4 members (excludes halogenated alkanes) is 1. The summed E-state index contributed by atoms with van der Waals surface area (Å²) in [5, 5.41) is 1.09. The summed E-state index contributed by atoms with van der Waals surface area (Å²) in [4.78, 5) is 17.1. The van der Waals surface area contributed by atoms with Crippen molar-refractivity contribution in [3.05, 3.63) is 15.6 Å². The predicted octanol–water partition coefficient (Wildman–Crippen LogP) is 3.22. The Hall–Kier alpha value is -0.740. The van der Waals surface area contributed by atoms with E-state index in [0.29, 0.717) is 5.92 Å². The summed E-state index contributed by atoms with van der Waals surface area (Å²) < 4.78 is 0. The Morgan fingerprint density at radius 1 is 1.33 bits per heavy atom. The van der Waals surface area contributed by atoms with Crippen molar-refractivity contribution in [1.82, 2.24) is 4.98 Å². The summed E-state index contributed by atoms with van der Waals surface area (Å²) in [6, 6.07) is 0.